The smallest absolute Gasteiger partial charge is 0.263 e. The molecule has 2 aromatic heterocycles. The molecule has 1 fully saturated rings. The lowest BCUT2D eigenvalue weighted by Crippen LogP contribution is -2.39. The topological polar surface area (TPSA) is 55.2 Å². The van der Waals surface area contributed by atoms with Crippen molar-refractivity contribution in [1.82, 2.24) is 14.5 Å². The number of carbonyl (C=O) groups is 1. The molecule has 29 heavy (non-hydrogen) atoms. The highest BCUT2D eigenvalue weighted by Crippen LogP contribution is 2.36. The van der Waals surface area contributed by atoms with Gasteiger partial charge in [-0.3, -0.25) is 14.2 Å². The molecule has 3 heterocycles. The summed E-state index contributed by atoms with van der Waals surface area (Å²) in [6, 6.07) is 0. The average molecular weight is 432 g/mol. The molecule has 0 aromatic carbocycles. The number of amides is 1. The van der Waals surface area contributed by atoms with Crippen LogP contribution in [0.1, 0.15) is 43.6 Å². The Kier molecular flexibility index (Phi) is 6.16. The minimum absolute atomic E-state index is 0.0173. The van der Waals surface area contributed by atoms with E-state index >= 15 is 0 Å². The number of aryl methyl sites for hydroxylation is 1. The van der Waals surface area contributed by atoms with Crippen LogP contribution in [0.3, 0.4) is 0 Å². The number of carbonyl (C=O) groups excluding carboxylic acids is 1. The summed E-state index contributed by atoms with van der Waals surface area (Å²) in [4.78, 5) is 34.9. The molecule has 0 bridgehead atoms. The zero-order valence-corrected chi connectivity index (χ0v) is 18.9. The molecule has 1 atom stereocenters. The average Bonchev–Trinajstić information content (AvgIpc) is 3.06. The summed E-state index contributed by atoms with van der Waals surface area (Å²) in [6.07, 6.45) is 6.99. The van der Waals surface area contributed by atoms with Crippen LogP contribution in [0.4, 0.5) is 0 Å². The Morgan fingerprint density at radius 2 is 2.03 bits per heavy atom. The summed E-state index contributed by atoms with van der Waals surface area (Å²) in [5.74, 6) is 1.82. The van der Waals surface area contributed by atoms with Crippen molar-refractivity contribution in [3.8, 4) is 0 Å². The van der Waals surface area contributed by atoms with Crippen molar-refractivity contribution < 1.29 is 4.79 Å². The molecule has 1 amide bonds. The Balaban J connectivity index is 1.61. The second kappa shape index (κ2) is 8.64. The first-order chi connectivity index (χ1) is 14.0. The first kappa shape index (κ1) is 20.7. The molecule has 0 radical (unpaired) electrons. The molecule has 5 nitrogen and oxygen atoms in total. The first-order valence-electron chi connectivity index (χ1n) is 10.5. The standard InChI is InChI=1S/C22H29N3O2S2/c1-4-9-25-21(27)19-16-6-5-15(3)12-17(16)29-20(19)23-22(25)28-13-18(26)24-10-7-14(2)8-11-24/h4,14-15H,1,5-13H2,2-3H3/t15-/m1/s1. The maximum atomic E-state index is 13.3. The maximum Gasteiger partial charge on any atom is 0.263 e. The minimum atomic E-state index is 0.0173. The summed E-state index contributed by atoms with van der Waals surface area (Å²) >= 11 is 3.05. The molecule has 0 N–H and O–H groups in total. The van der Waals surface area contributed by atoms with Crippen LogP contribution in [-0.4, -0.2) is 39.2 Å². The maximum absolute atomic E-state index is 13.3. The lowest BCUT2D eigenvalue weighted by Gasteiger charge is -2.30. The third kappa shape index (κ3) is 4.17. The van der Waals surface area contributed by atoms with Gasteiger partial charge >= 0.3 is 0 Å². The van der Waals surface area contributed by atoms with Crippen molar-refractivity contribution >= 4 is 39.2 Å². The van der Waals surface area contributed by atoms with E-state index in [-0.39, 0.29) is 11.5 Å². The molecule has 2 aliphatic rings. The predicted molar refractivity (Wildman–Crippen MR) is 121 cm³/mol. The zero-order chi connectivity index (χ0) is 20.5. The van der Waals surface area contributed by atoms with Gasteiger partial charge in [0.25, 0.3) is 5.56 Å². The monoisotopic (exact) mass is 431 g/mol. The zero-order valence-electron chi connectivity index (χ0n) is 17.3. The van der Waals surface area contributed by atoms with Crippen LogP contribution < -0.4 is 5.56 Å². The Labute approximate surface area is 180 Å². The van der Waals surface area contributed by atoms with Crippen molar-refractivity contribution in [1.29, 1.82) is 0 Å². The Morgan fingerprint density at radius 1 is 1.28 bits per heavy atom. The van der Waals surface area contributed by atoms with Crippen LogP contribution in [0.25, 0.3) is 10.2 Å². The fraction of sp³-hybridized carbons (Fsp3) is 0.591. The second-order valence-electron chi connectivity index (χ2n) is 8.48. The van der Waals surface area contributed by atoms with Gasteiger partial charge in [0.05, 0.1) is 11.1 Å². The van der Waals surface area contributed by atoms with Gasteiger partial charge in [-0.15, -0.1) is 17.9 Å². The molecule has 1 aliphatic carbocycles. The van der Waals surface area contributed by atoms with E-state index in [2.05, 4.69) is 20.4 Å². The SMILES string of the molecule is C=CCn1c(SCC(=O)N2CCC(C)CC2)nc2sc3c(c2c1=O)CC[C@@H](C)C3. The number of rotatable bonds is 5. The number of piperidine rings is 1. The van der Waals surface area contributed by atoms with E-state index in [4.69, 9.17) is 4.98 Å². The van der Waals surface area contributed by atoms with E-state index in [1.807, 2.05) is 4.90 Å². The summed E-state index contributed by atoms with van der Waals surface area (Å²) in [5, 5.41) is 1.42. The number of fused-ring (bicyclic) bond motifs is 3. The lowest BCUT2D eigenvalue weighted by molar-refractivity contribution is -0.129. The molecule has 0 saturated carbocycles. The molecule has 1 saturated heterocycles. The number of hydrogen-bond acceptors (Lipinski definition) is 5. The van der Waals surface area contributed by atoms with E-state index in [1.54, 1.807) is 22.0 Å². The number of hydrogen-bond donors (Lipinski definition) is 0. The highest BCUT2D eigenvalue weighted by Gasteiger charge is 2.25. The van der Waals surface area contributed by atoms with Crippen molar-refractivity contribution in [2.24, 2.45) is 11.8 Å². The summed E-state index contributed by atoms with van der Waals surface area (Å²) in [7, 11) is 0. The highest BCUT2D eigenvalue weighted by atomic mass is 32.2. The van der Waals surface area contributed by atoms with Gasteiger partial charge in [0.15, 0.2) is 5.16 Å². The van der Waals surface area contributed by atoms with Crippen molar-refractivity contribution in [2.45, 2.75) is 57.7 Å². The number of thiophene rings is 1. The van der Waals surface area contributed by atoms with E-state index in [0.29, 0.717) is 29.3 Å². The minimum Gasteiger partial charge on any atom is -0.342 e. The molecule has 0 unspecified atom stereocenters. The van der Waals surface area contributed by atoms with Gasteiger partial charge in [-0.2, -0.15) is 0 Å². The van der Waals surface area contributed by atoms with Gasteiger partial charge in [0.1, 0.15) is 4.83 Å². The second-order valence-corrected chi connectivity index (χ2v) is 10.5. The molecule has 1 aliphatic heterocycles. The van der Waals surface area contributed by atoms with Crippen LogP contribution in [0.5, 0.6) is 0 Å². The van der Waals surface area contributed by atoms with E-state index in [0.717, 1.165) is 55.4 Å². The van der Waals surface area contributed by atoms with Crippen LogP contribution in [0.2, 0.25) is 0 Å². The number of thioether (sulfide) groups is 1. The molecule has 0 spiro atoms. The van der Waals surface area contributed by atoms with Crippen molar-refractivity contribution in [2.75, 3.05) is 18.8 Å². The normalized spacial score (nSPS) is 20.1. The lowest BCUT2D eigenvalue weighted by atomic mass is 9.89. The number of likely N-dealkylation sites (tertiary alicyclic amines) is 1. The van der Waals surface area contributed by atoms with Crippen LogP contribution in [0.15, 0.2) is 22.6 Å². The third-order valence-electron chi connectivity index (χ3n) is 6.15. The van der Waals surface area contributed by atoms with E-state index in [1.165, 1.54) is 22.2 Å². The van der Waals surface area contributed by atoms with Gasteiger partial charge < -0.3 is 4.90 Å². The number of aromatic nitrogens is 2. The summed E-state index contributed by atoms with van der Waals surface area (Å²) in [5.41, 5.74) is 1.22. The molecule has 7 heteroatoms. The Hall–Kier alpha value is -1.60. The summed E-state index contributed by atoms with van der Waals surface area (Å²) in [6.45, 7) is 10.4. The highest BCUT2D eigenvalue weighted by molar-refractivity contribution is 7.99. The van der Waals surface area contributed by atoms with Crippen LogP contribution in [0, 0.1) is 11.8 Å². The van der Waals surface area contributed by atoms with E-state index < -0.39 is 0 Å². The van der Waals surface area contributed by atoms with Gasteiger partial charge in [-0.1, -0.05) is 31.7 Å². The van der Waals surface area contributed by atoms with Crippen LogP contribution >= 0.6 is 23.1 Å². The van der Waals surface area contributed by atoms with Gasteiger partial charge in [-0.05, 0) is 49.5 Å². The van der Waals surface area contributed by atoms with Gasteiger partial charge in [0.2, 0.25) is 5.91 Å². The first-order valence-corrected chi connectivity index (χ1v) is 12.3. The van der Waals surface area contributed by atoms with Gasteiger partial charge in [0, 0.05) is 24.5 Å². The van der Waals surface area contributed by atoms with E-state index in [9.17, 15) is 9.59 Å². The fourth-order valence-corrected chi connectivity index (χ4v) is 6.62. The Morgan fingerprint density at radius 3 is 2.76 bits per heavy atom. The number of nitrogens with zero attached hydrogens (tertiary/aromatic N) is 3. The quantitative estimate of drug-likeness (QED) is 0.406. The van der Waals surface area contributed by atoms with Crippen molar-refractivity contribution in [3.05, 3.63) is 33.4 Å². The molecule has 4 rings (SSSR count). The Bertz CT molecular complexity index is 986. The molecular weight excluding hydrogens is 402 g/mol. The molecule has 156 valence electrons. The molecule has 2 aromatic rings. The van der Waals surface area contributed by atoms with Gasteiger partial charge in [-0.25, -0.2) is 4.98 Å². The fourth-order valence-electron chi connectivity index (χ4n) is 4.28. The third-order valence-corrected chi connectivity index (χ3v) is 8.26. The van der Waals surface area contributed by atoms with Crippen molar-refractivity contribution in [3.63, 3.8) is 0 Å². The largest absolute Gasteiger partial charge is 0.342 e. The molecular formula is C22H29N3O2S2. The number of allylic oxidation sites excluding steroid dienone is 1. The van der Waals surface area contributed by atoms with Crippen LogP contribution in [-0.2, 0) is 24.2 Å². The summed E-state index contributed by atoms with van der Waals surface area (Å²) < 4.78 is 1.69. The predicted octanol–water partition coefficient (Wildman–Crippen LogP) is 4.12.